The van der Waals surface area contributed by atoms with E-state index in [1.54, 1.807) is 0 Å². The second-order valence-corrected chi connectivity index (χ2v) is 7.71. The molecule has 0 heterocycles. The van der Waals surface area contributed by atoms with Crippen molar-refractivity contribution < 1.29 is 9.67 Å². The lowest BCUT2D eigenvalue weighted by Crippen LogP contribution is -2.03. The van der Waals surface area contributed by atoms with Gasteiger partial charge in [0.1, 0.15) is 13.0 Å². The van der Waals surface area contributed by atoms with Crippen LogP contribution in [-0.2, 0) is 11.0 Å². The predicted octanol–water partition coefficient (Wildman–Crippen LogP) is 3.64. The summed E-state index contributed by atoms with van der Waals surface area (Å²) >= 11 is 0. The van der Waals surface area contributed by atoms with Gasteiger partial charge in [0.25, 0.3) is 0 Å². The number of hydrogen-bond acceptors (Lipinski definition) is 2. The lowest BCUT2D eigenvalue weighted by molar-refractivity contribution is 0.253. The van der Waals surface area contributed by atoms with Gasteiger partial charge in [-0.25, -0.2) is 0 Å². The predicted molar refractivity (Wildman–Crippen MR) is 69.5 cm³/mol. The van der Waals surface area contributed by atoms with Crippen LogP contribution in [0.3, 0.4) is 0 Å². The van der Waals surface area contributed by atoms with Gasteiger partial charge in [0.15, 0.2) is 0 Å². The summed E-state index contributed by atoms with van der Waals surface area (Å²) in [6, 6.07) is 7.77. The van der Waals surface area contributed by atoms with Crippen LogP contribution in [-0.4, -0.2) is 17.4 Å². The van der Waals surface area contributed by atoms with E-state index in [9.17, 15) is 9.67 Å². The maximum absolute atomic E-state index is 12.4. The van der Waals surface area contributed by atoms with Crippen molar-refractivity contribution in [3.63, 3.8) is 0 Å². The Morgan fingerprint density at radius 1 is 1.12 bits per heavy atom. The van der Waals surface area contributed by atoms with Crippen LogP contribution >= 0.6 is 7.14 Å². The van der Waals surface area contributed by atoms with Crippen molar-refractivity contribution >= 4 is 7.14 Å². The normalized spacial score (nSPS) is 13.8. The van der Waals surface area contributed by atoms with Crippen LogP contribution in [0.1, 0.15) is 37.7 Å². The molecule has 0 saturated heterocycles. The van der Waals surface area contributed by atoms with Crippen molar-refractivity contribution in [3.05, 3.63) is 35.4 Å². The fourth-order valence-corrected chi connectivity index (χ4v) is 3.62. The first-order valence-corrected chi connectivity index (χ1v) is 8.06. The number of rotatable bonds is 5. The number of hydrogen-bond donors (Lipinski definition) is 1. The van der Waals surface area contributed by atoms with Crippen molar-refractivity contribution in [2.24, 2.45) is 0 Å². The van der Waals surface area contributed by atoms with Crippen LogP contribution < -0.4 is 0 Å². The standard InChI is InChI=1S/C13H21O2P/c1-4-11-7-9-12(10-8-11)13(14)16(15,5-2)6-3/h7-10,13-14H,4-6H2,1-3H3. The molecule has 0 amide bonds. The molecule has 0 aromatic heterocycles. The second-order valence-electron chi connectivity index (χ2n) is 4.05. The molecular formula is C13H21O2P. The summed E-state index contributed by atoms with van der Waals surface area (Å²) in [5, 5.41) is 10.1. The van der Waals surface area contributed by atoms with Gasteiger partial charge < -0.3 is 9.67 Å². The van der Waals surface area contributed by atoms with Crippen LogP contribution in [0.4, 0.5) is 0 Å². The Morgan fingerprint density at radius 2 is 1.62 bits per heavy atom. The summed E-state index contributed by atoms with van der Waals surface area (Å²) in [6.45, 7) is 5.86. The van der Waals surface area contributed by atoms with Gasteiger partial charge >= 0.3 is 0 Å². The first kappa shape index (κ1) is 13.5. The molecule has 0 aliphatic rings. The van der Waals surface area contributed by atoms with E-state index < -0.39 is 13.0 Å². The maximum atomic E-state index is 12.4. The largest absolute Gasteiger partial charge is 0.381 e. The topological polar surface area (TPSA) is 37.3 Å². The minimum absolute atomic E-state index is 0.556. The third-order valence-corrected chi connectivity index (χ3v) is 6.53. The summed E-state index contributed by atoms with van der Waals surface area (Å²) in [7, 11) is -2.46. The molecule has 1 unspecified atom stereocenters. The molecule has 1 rings (SSSR count). The zero-order valence-corrected chi connectivity index (χ0v) is 11.2. The SMILES string of the molecule is CCc1ccc(C(O)P(=O)(CC)CC)cc1. The van der Waals surface area contributed by atoms with Crippen molar-refractivity contribution in [1.29, 1.82) is 0 Å². The van der Waals surface area contributed by atoms with Crippen molar-refractivity contribution in [2.75, 3.05) is 12.3 Å². The van der Waals surface area contributed by atoms with Crippen molar-refractivity contribution in [2.45, 2.75) is 33.0 Å². The zero-order valence-electron chi connectivity index (χ0n) is 10.3. The molecule has 90 valence electrons. The third-order valence-electron chi connectivity index (χ3n) is 3.20. The molecule has 0 bridgehead atoms. The monoisotopic (exact) mass is 240 g/mol. The van der Waals surface area contributed by atoms with Crippen molar-refractivity contribution in [1.82, 2.24) is 0 Å². The van der Waals surface area contributed by atoms with E-state index in [0.717, 1.165) is 12.0 Å². The van der Waals surface area contributed by atoms with Gasteiger partial charge in [0.2, 0.25) is 0 Å². The van der Waals surface area contributed by atoms with Crippen LogP contribution in [0, 0.1) is 0 Å². The Hall–Kier alpha value is -0.590. The molecule has 2 nitrogen and oxygen atoms in total. The van der Waals surface area contributed by atoms with E-state index in [1.807, 2.05) is 38.1 Å². The summed E-state index contributed by atoms with van der Waals surface area (Å²) in [5.41, 5.74) is 2.02. The van der Waals surface area contributed by atoms with E-state index >= 15 is 0 Å². The summed E-state index contributed by atoms with van der Waals surface area (Å²) in [4.78, 5) is 0. The molecule has 1 aromatic rings. The van der Waals surface area contributed by atoms with Crippen LogP contribution in [0.2, 0.25) is 0 Å². The van der Waals surface area contributed by atoms with Crippen molar-refractivity contribution in [3.8, 4) is 0 Å². The Labute approximate surface area is 98.1 Å². The van der Waals surface area contributed by atoms with E-state index in [-0.39, 0.29) is 0 Å². The molecule has 0 spiro atoms. The van der Waals surface area contributed by atoms with Gasteiger partial charge in [-0.3, -0.25) is 0 Å². The van der Waals surface area contributed by atoms with E-state index in [0.29, 0.717) is 12.3 Å². The minimum Gasteiger partial charge on any atom is -0.381 e. The third kappa shape index (κ3) is 2.75. The van der Waals surface area contributed by atoms with E-state index in [2.05, 4.69) is 6.92 Å². The summed E-state index contributed by atoms with van der Waals surface area (Å²) < 4.78 is 12.4. The van der Waals surface area contributed by atoms with Crippen LogP contribution in [0.25, 0.3) is 0 Å². The highest BCUT2D eigenvalue weighted by molar-refractivity contribution is 7.64. The number of aryl methyl sites for hydroxylation is 1. The molecule has 0 aliphatic heterocycles. The molecule has 0 aliphatic carbocycles. The zero-order chi connectivity index (χ0) is 12.2. The molecule has 1 atom stereocenters. The highest BCUT2D eigenvalue weighted by Crippen LogP contribution is 2.56. The Morgan fingerprint density at radius 3 is 2.00 bits per heavy atom. The summed E-state index contributed by atoms with van der Waals surface area (Å²) in [6.07, 6.45) is 2.09. The highest BCUT2D eigenvalue weighted by atomic mass is 31.2. The van der Waals surface area contributed by atoms with Gasteiger partial charge in [-0.1, -0.05) is 45.0 Å². The average molecular weight is 240 g/mol. The fraction of sp³-hybridized carbons (Fsp3) is 0.538. The Balaban J connectivity index is 2.95. The molecule has 16 heavy (non-hydrogen) atoms. The van der Waals surface area contributed by atoms with Gasteiger partial charge in [0, 0.05) is 12.3 Å². The number of aliphatic hydroxyl groups excluding tert-OH is 1. The average Bonchev–Trinajstić information content (AvgIpc) is 2.37. The molecule has 1 aromatic carbocycles. The lowest BCUT2D eigenvalue weighted by atomic mass is 10.1. The molecule has 3 heteroatoms. The van der Waals surface area contributed by atoms with Crippen LogP contribution in [0.15, 0.2) is 24.3 Å². The summed E-state index contributed by atoms with van der Waals surface area (Å²) in [5.74, 6) is -0.798. The minimum atomic E-state index is -2.46. The first-order valence-electron chi connectivity index (χ1n) is 5.92. The highest BCUT2D eigenvalue weighted by Gasteiger charge is 2.28. The number of aliphatic hydroxyl groups is 1. The molecule has 1 N–H and O–H groups in total. The fourth-order valence-electron chi connectivity index (χ4n) is 1.77. The van der Waals surface area contributed by atoms with E-state index in [4.69, 9.17) is 0 Å². The Bertz CT molecular complexity index is 362. The van der Waals surface area contributed by atoms with Gasteiger partial charge in [-0.15, -0.1) is 0 Å². The van der Waals surface area contributed by atoms with Gasteiger partial charge in [0.05, 0.1) is 0 Å². The van der Waals surface area contributed by atoms with E-state index in [1.165, 1.54) is 5.56 Å². The lowest BCUT2D eigenvalue weighted by Gasteiger charge is -2.21. The first-order chi connectivity index (χ1) is 7.57. The Kier molecular flexibility index (Phi) is 4.76. The quantitative estimate of drug-likeness (QED) is 0.798. The smallest absolute Gasteiger partial charge is 0.132 e. The second kappa shape index (κ2) is 5.65. The molecule has 0 saturated carbocycles. The van der Waals surface area contributed by atoms with Gasteiger partial charge in [-0.05, 0) is 17.5 Å². The molecule has 0 radical (unpaired) electrons. The number of benzene rings is 1. The maximum Gasteiger partial charge on any atom is 0.132 e. The molecular weight excluding hydrogens is 219 g/mol. The molecule has 0 fully saturated rings. The van der Waals surface area contributed by atoms with Crippen LogP contribution in [0.5, 0.6) is 0 Å². The van der Waals surface area contributed by atoms with Gasteiger partial charge in [-0.2, -0.15) is 0 Å².